The number of benzene rings is 1. The van der Waals surface area contributed by atoms with E-state index in [1.54, 1.807) is 25.1 Å². The van der Waals surface area contributed by atoms with Gasteiger partial charge in [0.15, 0.2) is 0 Å². The van der Waals surface area contributed by atoms with Crippen molar-refractivity contribution in [2.45, 2.75) is 52.8 Å². The number of piperidine rings is 1. The number of alkyl halides is 3. The van der Waals surface area contributed by atoms with Crippen LogP contribution in [0.4, 0.5) is 13.2 Å². The zero-order chi connectivity index (χ0) is 20.0. The second-order valence-electron chi connectivity index (χ2n) is 6.38. The first kappa shape index (κ1) is 20.9. The van der Waals surface area contributed by atoms with Crippen molar-refractivity contribution in [3.8, 4) is 11.3 Å². The first-order chi connectivity index (χ1) is 12.8. The SMILES string of the molecule is CC.Cc1cc(-c2ccc(CN3CCCCC3=O)cc2)nc(C(F)(F)F)c1. The lowest BCUT2D eigenvalue weighted by Gasteiger charge is -2.26. The summed E-state index contributed by atoms with van der Waals surface area (Å²) in [6.07, 6.45) is -1.92. The van der Waals surface area contributed by atoms with Gasteiger partial charge in [-0.3, -0.25) is 4.79 Å². The Kier molecular flexibility index (Phi) is 6.99. The fourth-order valence-corrected chi connectivity index (χ4v) is 2.99. The van der Waals surface area contributed by atoms with E-state index >= 15 is 0 Å². The van der Waals surface area contributed by atoms with Gasteiger partial charge in [-0.05, 0) is 43.0 Å². The summed E-state index contributed by atoms with van der Waals surface area (Å²) in [6.45, 7) is 6.92. The minimum absolute atomic E-state index is 0.158. The monoisotopic (exact) mass is 378 g/mol. The lowest BCUT2D eigenvalue weighted by Crippen LogP contribution is -2.34. The Bertz CT molecular complexity index is 770. The Hall–Kier alpha value is -2.37. The van der Waals surface area contributed by atoms with Gasteiger partial charge in [0.1, 0.15) is 5.69 Å². The maximum absolute atomic E-state index is 12.9. The molecule has 1 aliphatic rings. The third-order valence-electron chi connectivity index (χ3n) is 4.30. The number of pyridine rings is 1. The second-order valence-corrected chi connectivity index (χ2v) is 6.38. The highest BCUT2D eigenvalue weighted by Crippen LogP contribution is 2.30. The summed E-state index contributed by atoms with van der Waals surface area (Å²) in [5.41, 5.74) is 1.52. The van der Waals surface area contributed by atoms with E-state index in [2.05, 4.69) is 4.98 Å². The van der Waals surface area contributed by atoms with Crippen LogP contribution in [-0.4, -0.2) is 22.3 Å². The molecule has 146 valence electrons. The second kappa shape index (κ2) is 9.02. The van der Waals surface area contributed by atoms with Gasteiger partial charge in [0.2, 0.25) is 5.91 Å². The van der Waals surface area contributed by atoms with E-state index in [-0.39, 0.29) is 5.91 Å². The van der Waals surface area contributed by atoms with Crippen LogP contribution in [0.5, 0.6) is 0 Å². The number of hydrogen-bond donors (Lipinski definition) is 0. The highest BCUT2D eigenvalue weighted by Gasteiger charge is 2.33. The maximum Gasteiger partial charge on any atom is 0.433 e. The summed E-state index contributed by atoms with van der Waals surface area (Å²) in [6, 6.07) is 9.87. The molecule has 1 aromatic heterocycles. The Labute approximate surface area is 158 Å². The molecule has 0 bridgehead atoms. The van der Waals surface area contributed by atoms with Gasteiger partial charge in [0.25, 0.3) is 0 Å². The molecule has 0 radical (unpaired) electrons. The van der Waals surface area contributed by atoms with Gasteiger partial charge in [-0.2, -0.15) is 13.2 Å². The molecule has 0 N–H and O–H groups in total. The number of aromatic nitrogens is 1. The molecule has 3 rings (SSSR count). The number of aryl methyl sites for hydroxylation is 1. The summed E-state index contributed by atoms with van der Waals surface area (Å²) >= 11 is 0. The number of likely N-dealkylation sites (tertiary alicyclic amines) is 1. The summed E-state index contributed by atoms with van der Waals surface area (Å²) in [5, 5.41) is 0. The van der Waals surface area contributed by atoms with Crippen molar-refractivity contribution in [1.29, 1.82) is 0 Å². The lowest BCUT2D eigenvalue weighted by atomic mass is 10.0. The van der Waals surface area contributed by atoms with Crippen LogP contribution < -0.4 is 0 Å². The molecule has 27 heavy (non-hydrogen) atoms. The predicted octanol–water partition coefficient (Wildman–Crippen LogP) is 5.61. The molecule has 2 aromatic rings. The molecule has 3 nitrogen and oxygen atoms in total. The molecular weight excluding hydrogens is 353 g/mol. The number of carbonyl (C=O) groups excluding carboxylic acids is 1. The predicted molar refractivity (Wildman–Crippen MR) is 100 cm³/mol. The van der Waals surface area contributed by atoms with Gasteiger partial charge in [0, 0.05) is 25.1 Å². The fourth-order valence-electron chi connectivity index (χ4n) is 2.99. The van der Waals surface area contributed by atoms with Crippen LogP contribution >= 0.6 is 0 Å². The van der Waals surface area contributed by atoms with E-state index in [0.717, 1.165) is 31.0 Å². The van der Waals surface area contributed by atoms with Crippen LogP contribution in [0.2, 0.25) is 0 Å². The number of carbonyl (C=O) groups is 1. The van der Waals surface area contributed by atoms with Gasteiger partial charge >= 0.3 is 6.18 Å². The standard InChI is InChI=1S/C19H19F3N2O.C2H6/c1-13-10-16(23-17(11-13)19(20,21)22)15-7-5-14(6-8-15)12-24-9-3-2-4-18(24)25;1-2/h5-8,10-11H,2-4,9,12H2,1H3;1-2H3. The lowest BCUT2D eigenvalue weighted by molar-refractivity contribution is -0.141. The fraction of sp³-hybridized carbons (Fsp3) is 0.429. The minimum atomic E-state index is -4.46. The first-order valence-corrected chi connectivity index (χ1v) is 9.26. The van der Waals surface area contributed by atoms with Crippen molar-refractivity contribution in [2.75, 3.05) is 6.54 Å². The number of rotatable bonds is 3. The molecule has 0 atom stereocenters. The maximum atomic E-state index is 12.9. The van der Waals surface area contributed by atoms with Gasteiger partial charge < -0.3 is 4.90 Å². The van der Waals surface area contributed by atoms with Gasteiger partial charge in [0.05, 0.1) is 5.69 Å². The molecule has 1 aliphatic heterocycles. The van der Waals surface area contributed by atoms with E-state index < -0.39 is 11.9 Å². The van der Waals surface area contributed by atoms with E-state index in [0.29, 0.717) is 29.8 Å². The average molecular weight is 378 g/mol. The van der Waals surface area contributed by atoms with Gasteiger partial charge in [-0.15, -0.1) is 0 Å². The molecular formula is C21H25F3N2O. The number of amides is 1. The Balaban J connectivity index is 0.00000126. The Morgan fingerprint density at radius 3 is 2.33 bits per heavy atom. The van der Waals surface area contributed by atoms with Crippen molar-refractivity contribution >= 4 is 5.91 Å². The quantitative estimate of drug-likeness (QED) is 0.695. The van der Waals surface area contributed by atoms with Crippen molar-refractivity contribution in [1.82, 2.24) is 9.88 Å². The molecule has 1 aromatic carbocycles. The highest BCUT2D eigenvalue weighted by atomic mass is 19.4. The van der Waals surface area contributed by atoms with E-state index in [1.165, 1.54) is 0 Å². The van der Waals surface area contributed by atoms with Gasteiger partial charge in [-0.25, -0.2) is 4.98 Å². The Morgan fingerprint density at radius 2 is 1.74 bits per heavy atom. The molecule has 0 saturated carbocycles. The molecule has 0 aliphatic carbocycles. The summed E-state index contributed by atoms with van der Waals surface area (Å²) < 4.78 is 38.8. The van der Waals surface area contributed by atoms with E-state index in [9.17, 15) is 18.0 Å². The normalized spacial score (nSPS) is 14.6. The molecule has 1 saturated heterocycles. The number of nitrogens with zero attached hydrogens (tertiary/aromatic N) is 2. The largest absolute Gasteiger partial charge is 0.433 e. The van der Waals surface area contributed by atoms with Crippen LogP contribution in [0.1, 0.15) is 49.9 Å². The Morgan fingerprint density at radius 1 is 1.07 bits per heavy atom. The van der Waals surface area contributed by atoms with Crippen LogP contribution in [0.25, 0.3) is 11.3 Å². The van der Waals surface area contributed by atoms with Crippen LogP contribution in [0.15, 0.2) is 36.4 Å². The van der Waals surface area contributed by atoms with Crippen LogP contribution in [-0.2, 0) is 17.5 Å². The topological polar surface area (TPSA) is 33.2 Å². The molecule has 0 unspecified atom stereocenters. The molecule has 1 amide bonds. The molecule has 1 fully saturated rings. The first-order valence-electron chi connectivity index (χ1n) is 9.26. The third kappa shape index (κ3) is 5.55. The smallest absolute Gasteiger partial charge is 0.338 e. The average Bonchev–Trinajstić information content (AvgIpc) is 2.65. The highest BCUT2D eigenvalue weighted by molar-refractivity contribution is 5.76. The summed E-state index contributed by atoms with van der Waals surface area (Å²) in [4.78, 5) is 17.4. The van der Waals surface area contributed by atoms with Crippen molar-refractivity contribution in [3.63, 3.8) is 0 Å². The van der Waals surface area contributed by atoms with E-state index in [1.807, 2.05) is 30.9 Å². The molecule has 2 heterocycles. The number of hydrogen-bond acceptors (Lipinski definition) is 2. The summed E-state index contributed by atoms with van der Waals surface area (Å²) in [5.74, 6) is 0.158. The van der Waals surface area contributed by atoms with Crippen molar-refractivity contribution in [3.05, 3.63) is 53.2 Å². The molecule has 0 spiro atoms. The van der Waals surface area contributed by atoms with Crippen molar-refractivity contribution in [2.24, 2.45) is 0 Å². The third-order valence-corrected chi connectivity index (χ3v) is 4.30. The van der Waals surface area contributed by atoms with E-state index in [4.69, 9.17) is 0 Å². The minimum Gasteiger partial charge on any atom is -0.338 e. The van der Waals surface area contributed by atoms with Crippen LogP contribution in [0, 0.1) is 6.92 Å². The van der Waals surface area contributed by atoms with Crippen LogP contribution in [0.3, 0.4) is 0 Å². The summed E-state index contributed by atoms with van der Waals surface area (Å²) in [7, 11) is 0. The van der Waals surface area contributed by atoms with Crippen molar-refractivity contribution < 1.29 is 18.0 Å². The van der Waals surface area contributed by atoms with Gasteiger partial charge in [-0.1, -0.05) is 38.1 Å². The zero-order valence-corrected chi connectivity index (χ0v) is 15.9. The zero-order valence-electron chi connectivity index (χ0n) is 15.9. The molecule has 6 heteroatoms. The number of halogens is 3.